The quantitative estimate of drug-likeness (QED) is 0.181. The average molecular weight is 664 g/mol. The van der Waals surface area contributed by atoms with Crippen LogP contribution in [-0.4, -0.2) is 18.7 Å². The van der Waals surface area contributed by atoms with E-state index in [4.69, 9.17) is 16.3 Å². The van der Waals surface area contributed by atoms with Gasteiger partial charge in [-0.05, 0) is 105 Å². The predicted molar refractivity (Wildman–Crippen MR) is 138 cm³/mol. The van der Waals surface area contributed by atoms with Crippen LogP contribution in [0.15, 0.2) is 65.8 Å². The Hall–Kier alpha value is -1.92. The number of benzene rings is 3. The van der Waals surface area contributed by atoms with E-state index in [1.165, 1.54) is 12.1 Å². The summed E-state index contributed by atoms with van der Waals surface area (Å²) in [5.74, 6) is 0.152. The molecule has 0 aromatic heterocycles. The molecule has 0 aliphatic carbocycles. The lowest BCUT2D eigenvalue weighted by Gasteiger charge is -2.11. The van der Waals surface area contributed by atoms with Gasteiger partial charge in [-0.25, -0.2) is 9.82 Å². The van der Waals surface area contributed by atoms with E-state index < -0.39 is 0 Å². The second-order valence-electron chi connectivity index (χ2n) is 6.38. The SMILES string of the molecule is O=C(CNc1ccc(F)cc1)N/N=C\c1cc(I)c(OCc2ccc(Cl)cc2)c(I)c1. The van der Waals surface area contributed by atoms with Crippen LogP contribution in [0.4, 0.5) is 10.1 Å². The Morgan fingerprint density at radius 3 is 2.35 bits per heavy atom. The smallest absolute Gasteiger partial charge is 0.259 e. The van der Waals surface area contributed by atoms with E-state index in [2.05, 4.69) is 61.0 Å². The summed E-state index contributed by atoms with van der Waals surface area (Å²) in [6.07, 6.45) is 1.57. The molecule has 0 heterocycles. The molecule has 31 heavy (non-hydrogen) atoms. The van der Waals surface area contributed by atoms with Crippen LogP contribution in [0, 0.1) is 13.0 Å². The molecule has 5 nitrogen and oxygen atoms in total. The number of carbonyl (C=O) groups is 1. The highest BCUT2D eigenvalue weighted by atomic mass is 127. The van der Waals surface area contributed by atoms with Crippen LogP contribution >= 0.6 is 56.8 Å². The van der Waals surface area contributed by atoms with Crippen molar-refractivity contribution in [1.82, 2.24) is 5.43 Å². The summed E-state index contributed by atoms with van der Waals surface area (Å²) in [7, 11) is 0. The Bertz CT molecular complexity index is 1050. The first kappa shape index (κ1) is 23.7. The summed E-state index contributed by atoms with van der Waals surface area (Å²) in [5.41, 5.74) is 4.98. The molecule has 0 aliphatic heterocycles. The minimum atomic E-state index is -0.328. The van der Waals surface area contributed by atoms with Crippen LogP contribution in [0.25, 0.3) is 0 Å². The highest BCUT2D eigenvalue weighted by molar-refractivity contribution is 14.1. The molecule has 3 aromatic rings. The number of halogens is 4. The highest BCUT2D eigenvalue weighted by Gasteiger charge is 2.09. The Morgan fingerprint density at radius 2 is 1.71 bits per heavy atom. The molecule has 0 atom stereocenters. The van der Waals surface area contributed by atoms with Gasteiger partial charge >= 0.3 is 0 Å². The Labute approximate surface area is 211 Å². The number of amides is 1. The molecular weight excluding hydrogens is 647 g/mol. The first-order valence-electron chi connectivity index (χ1n) is 9.08. The van der Waals surface area contributed by atoms with Gasteiger partial charge < -0.3 is 10.1 Å². The van der Waals surface area contributed by atoms with Gasteiger partial charge in [0, 0.05) is 10.7 Å². The standard InChI is InChI=1S/C22H17ClFI2N3O2/c23-16-3-1-14(2-4-16)13-31-22-19(25)9-15(10-20(22)26)11-28-29-21(30)12-27-18-7-5-17(24)6-8-18/h1-11,27H,12-13H2,(H,29,30)/b28-11-. The Morgan fingerprint density at radius 1 is 1.06 bits per heavy atom. The van der Waals surface area contributed by atoms with Crippen LogP contribution in [-0.2, 0) is 11.4 Å². The van der Waals surface area contributed by atoms with Gasteiger partial charge in [0.05, 0.1) is 19.9 Å². The van der Waals surface area contributed by atoms with Crippen molar-refractivity contribution in [1.29, 1.82) is 0 Å². The molecule has 1 amide bonds. The number of ether oxygens (including phenoxy) is 1. The summed E-state index contributed by atoms with van der Waals surface area (Å²) in [4.78, 5) is 11.9. The van der Waals surface area contributed by atoms with E-state index in [0.29, 0.717) is 17.3 Å². The number of hydrazone groups is 1. The van der Waals surface area contributed by atoms with Crippen LogP contribution in [0.5, 0.6) is 5.75 Å². The molecule has 0 saturated carbocycles. The number of anilines is 1. The summed E-state index contributed by atoms with van der Waals surface area (Å²) >= 11 is 10.3. The molecule has 9 heteroatoms. The van der Waals surface area contributed by atoms with Gasteiger partial charge in [-0.1, -0.05) is 23.7 Å². The van der Waals surface area contributed by atoms with E-state index in [9.17, 15) is 9.18 Å². The number of hydrogen-bond donors (Lipinski definition) is 2. The van der Waals surface area contributed by atoms with Crippen molar-refractivity contribution in [3.8, 4) is 5.75 Å². The number of carbonyl (C=O) groups excluding carboxylic acids is 1. The van der Waals surface area contributed by atoms with Crippen LogP contribution in [0.2, 0.25) is 5.02 Å². The van der Waals surface area contributed by atoms with E-state index in [1.54, 1.807) is 18.3 Å². The molecule has 0 radical (unpaired) electrons. The number of rotatable bonds is 8. The summed E-state index contributed by atoms with van der Waals surface area (Å²) in [5, 5.41) is 7.58. The predicted octanol–water partition coefficient (Wildman–Crippen LogP) is 5.83. The van der Waals surface area contributed by atoms with Crippen molar-refractivity contribution < 1.29 is 13.9 Å². The van der Waals surface area contributed by atoms with Crippen LogP contribution < -0.4 is 15.5 Å². The zero-order chi connectivity index (χ0) is 22.2. The van der Waals surface area contributed by atoms with E-state index in [-0.39, 0.29) is 18.3 Å². The molecule has 0 unspecified atom stereocenters. The van der Waals surface area contributed by atoms with Crippen LogP contribution in [0.3, 0.4) is 0 Å². The number of hydrogen-bond acceptors (Lipinski definition) is 4. The third-order valence-electron chi connectivity index (χ3n) is 4.02. The van der Waals surface area contributed by atoms with Crippen molar-refractivity contribution >= 4 is 74.6 Å². The normalized spacial score (nSPS) is 10.8. The van der Waals surface area contributed by atoms with Crippen LogP contribution in [0.1, 0.15) is 11.1 Å². The maximum atomic E-state index is 12.9. The van der Waals surface area contributed by atoms with Gasteiger partial charge in [0.15, 0.2) is 0 Å². The Balaban J connectivity index is 1.52. The second kappa shape index (κ2) is 11.6. The minimum absolute atomic E-state index is 0.0233. The lowest BCUT2D eigenvalue weighted by Crippen LogP contribution is -2.25. The van der Waals surface area contributed by atoms with Gasteiger partial charge in [-0.3, -0.25) is 4.79 Å². The molecular formula is C22H17ClFI2N3O2. The number of nitrogens with one attached hydrogen (secondary N) is 2. The van der Waals surface area contributed by atoms with Gasteiger partial charge in [0.1, 0.15) is 18.2 Å². The number of nitrogens with zero attached hydrogens (tertiary/aromatic N) is 1. The first-order chi connectivity index (χ1) is 14.9. The van der Waals surface area contributed by atoms with Gasteiger partial charge in [0.2, 0.25) is 0 Å². The third-order valence-corrected chi connectivity index (χ3v) is 5.87. The highest BCUT2D eigenvalue weighted by Crippen LogP contribution is 2.29. The fourth-order valence-corrected chi connectivity index (χ4v) is 4.75. The molecule has 160 valence electrons. The molecule has 0 spiro atoms. The lowest BCUT2D eigenvalue weighted by molar-refractivity contribution is -0.119. The zero-order valence-corrected chi connectivity index (χ0v) is 21.1. The molecule has 0 fully saturated rings. The van der Waals surface area contributed by atoms with Crippen molar-refractivity contribution in [3.63, 3.8) is 0 Å². The molecule has 2 N–H and O–H groups in total. The van der Waals surface area contributed by atoms with Crippen molar-refractivity contribution in [3.05, 3.63) is 89.8 Å². The van der Waals surface area contributed by atoms with E-state index in [1.807, 2.05) is 36.4 Å². The molecule has 0 bridgehead atoms. The molecule has 3 aromatic carbocycles. The zero-order valence-electron chi connectivity index (χ0n) is 16.0. The van der Waals surface area contributed by atoms with Crippen molar-refractivity contribution in [2.75, 3.05) is 11.9 Å². The van der Waals surface area contributed by atoms with Crippen molar-refractivity contribution in [2.24, 2.45) is 5.10 Å². The molecule has 3 rings (SSSR count). The maximum absolute atomic E-state index is 12.9. The Kier molecular flexibility index (Phi) is 8.90. The first-order valence-corrected chi connectivity index (χ1v) is 11.6. The van der Waals surface area contributed by atoms with Gasteiger partial charge in [0.25, 0.3) is 5.91 Å². The second-order valence-corrected chi connectivity index (χ2v) is 9.14. The van der Waals surface area contributed by atoms with Gasteiger partial charge in [-0.15, -0.1) is 0 Å². The van der Waals surface area contributed by atoms with E-state index >= 15 is 0 Å². The minimum Gasteiger partial charge on any atom is -0.487 e. The van der Waals surface area contributed by atoms with E-state index in [0.717, 1.165) is 24.0 Å². The average Bonchev–Trinajstić information content (AvgIpc) is 2.74. The largest absolute Gasteiger partial charge is 0.487 e. The monoisotopic (exact) mass is 663 g/mol. The summed E-state index contributed by atoms with van der Waals surface area (Å²) in [6.45, 7) is 0.462. The maximum Gasteiger partial charge on any atom is 0.259 e. The van der Waals surface area contributed by atoms with Crippen molar-refractivity contribution in [2.45, 2.75) is 6.61 Å². The molecule has 0 aliphatic rings. The third kappa shape index (κ3) is 7.62. The lowest BCUT2D eigenvalue weighted by atomic mass is 10.2. The fraction of sp³-hybridized carbons (Fsp3) is 0.0909. The summed E-state index contributed by atoms with van der Waals surface area (Å²) < 4.78 is 20.7. The topological polar surface area (TPSA) is 62.7 Å². The fourth-order valence-electron chi connectivity index (χ4n) is 2.50. The summed E-state index contributed by atoms with van der Waals surface area (Å²) in [6, 6.07) is 17.1. The molecule has 0 saturated heterocycles. The van der Waals surface area contributed by atoms with Gasteiger partial charge in [-0.2, -0.15) is 5.10 Å².